The van der Waals surface area contributed by atoms with Crippen molar-refractivity contribution in [2.24, 2.45) is 5.92 Å². The highest BCUT2D eigenvalue weighted by atomic mass is 32.2. The molecule has 0 fully saturated rings. The van der Waals surface area contributed by atoms with E-state index in [9.17, 15) is 18.5 Å². The Balaban J connectivity index is 3.40. The smallest absolute Gasteiger partial charge is 0.258 e. The molecule has 0 saturated heterocycles. The average molecular weight is 314 g/mol. The maximum atomic E-state index is 12.8. The zero-order valence-electron chi connectivity index (χ0n) is 13.0. The van der Waals surface area contributed by atoms with Crippen LogP contribution in [0.15, 0.2) is 23.1 Å². The first kappa shape index (κ1) is 17.6. The normalized spacial score (nSPS) is 12.4. The van der Waals surface area contributed by atoms with Gasteiger partial charge in [-0.3, -0.25) is 10.1 Å². The molecule has 0 N–H and O–H groups in total. The predicted octanol–water partition coefficient (Wildman–Crippen LogP) is 2.96. The van der Waals surface area contributed by atoms with Crippen LogP contribution in [0, 0.1) is 23.0 Å². The van der Waals surface area contributed by atoms with E-state index in [1.165, 1.54) is 16.4 Å². The lowest BCUT2D eigenvalue weighted by Crippen LogP contribution is -2.39. The van der Waals surface area contributed by atoms with E-state index in [1.807, 2.05) is 13.8 Å². The van der Waals surface area contributed by atoms with Crippen molar-refractivity contribution in [3.63, 3.8) is 0 Å². The van der Waals surface area contributed by atoms with Crippen LogP contribution < -0.4 is 0 Å². The number of rotatable bonds is 6. The van der Waals surface area contributed by atoms with Gasteiger partial charge in [-0.25, -0.2) is 8.42 Å². The van der Waals surface area contributed by atoms with Crippen LogP contribution in [0.25, 0.3) is 0 Å². The molecular formula is C14H22N2O4S. The van der Waals surface area contributed by atoms with E-state index in [2.05, 4.69) is 0 Å². The van der Waals surface area contributed by atoms with Gasteiger partial charge in [0, 0.05) is 24.7 Å². The van der Waals surface area contributed by atoms with Crippen LogP contribution in [0.4, 0.5) is 5.69 Å². The highest BCUT2D eigenvalue weighted by Crippen LogP contribution is 2.26. The average Bonchev–Trinajstić information content (AvgIpc) is 2.35. The Morgan fingerprint density at radius 2 is 1.81 bits per heavy atom. The minimum atomic E-state index is -3.75. The molecule has 6 nitrogen and oxygen atoms in total. The van der Waals surface area contributed by atoms with Gasteiger partial charge >= 0.3 is 0 Å². The molecule has 118 valence electrons. The fraction of sp³-hybridized carbons (Fsp3) is 0.571. The SMILES string of the molecule is Cc1ccc([N+](=O)[O-])cc1S(=O)(=O)N(CC(C)C)C(C)C. The molecule has 0 aliphatic carbocycles. The molecule has 21 heavy (non-hydrogen) atoms. The quantitative estimate of drug-likeness (QED) is 0.597. The van der Waals surface area contributed by atoms with Gasteiger partial charge in [0.05, 0.1) is 9.82 Å². The Hall–Kier alpha value is -1.47. The van der Waals surface area contributed by atoms with Gasteiger partial charge in [-0.15, -0.1) is 0 Å². The molecule has 1 rings (SSSR count). The molecule has 0 heterocycles. The first-order chi connectivity index (χ1) is 9.57. The van der Waals surface area contributed by atoms with Crippen molar-refractivity contribution in [3.8, 4) is 0 Å². The van der Waals surface area contributed by atoms with E-state index in [0.717, 1.165) is 6.07 Å². The maximum absolute atomic E-state index is 12.8. The lowest BCUT2D eigenvalue weighted by Gasteiger charge is -2.28. The number of hydrogen-bond acceptors (Lipinski definition) is 4. The monoisotopic (exact) mass is 314 g/mol. The lowest BCUT2D eigenvalue weighted by molar-refractivity contribution is -0.385. The molecule has 0 aliphatic rings. The summed E-state index contributed by atoms with van der Waals surface area (Å²) < 4.78 is 27.0. The zero-order chi connectivity index (χ0) is 16.4. The summed E-state index contributed by atoms with van der Waals surface area (Å²) in [6, 6.07) is 3.71. The van der Waals surface area contributed by atoms with Crippen molar-refractivity contribution in [2.45, 2.75) is 45.6 Å². The molecule has 7 heteroatoms. The topological polar surface area (TPSA) is 80.5 Å². The summed E-state index contributed by atoms with van der Waals surface area (Å²) >= 11 is 0. The Morgan fingerprint density at radius 1 is 1.24 bits per heavy atom. The Kier molecular flexibility index (Phi) is 5.47. The molecule has 0 unspecified atom stereocenters. The van der Waals surface area contributed by atoms with Crippen molar-refractivity contribution in [3.05, 3.63) is 33.9 Å². The lowest BCUT2D eigenvalue weighted by atomic mass is 10.2. The number of hydrogen-bond donors (Lipinski definition) is 0. The van der Waals surface area contributed by atoms with Gasteiger partial charge in [0.15, 0.2) is 0 Å². The van der Waals surface area contributed by atoms with Gasteiger partial charge in [0.1, 0.15) is 0 Å². The molecule has 0 bridgehead atoms. The summed E-state index contributed by atoms with van der Waals surface area (Å²) in [4.78, 5) is 10.3. The molecule has 0 spiro atoms. The van der Waals surface area contributed by atoms with Crippen molar-refractivity contribution in [1.29, 1.82) is 0 Å². The van der Waals surface area contributed by atoms with Crippen LogP contribution in [0.2, 0.25) is 0 Å². The van der Waals surface area contributed by atoms with Gasteiger partial charge in [0.25, 0.3) is 5.69 Å². The second-order valence-electron chi connectivity index (χ2n) is 5.77. The van der Waals surface area contributed by atoms with Gasteiger partial charge in [0.2, 0.25) is 10.0 Å². The van der Waals surface area contributed by atoms with E-state index >= 15 is 0 Å². The maximum Gasteiger partial charge on any atom is 0.270 e. The Labute approximate surface area is 126 Å². The van der Waals surface area contributed by atoms with Crippen LogP contribution in [0.3, 0.4) is 0 Å². The van der Waals surface area contributed by atoms with Crippen molar-refractivity contribution in [2.75, 3.05) is 6.54 Å². The van der Waals surface area contributed by atoms with Crippen LogP contribution in [-0.4, -0.2) is 30.2 Å². The summed E-state index contributed by atoms with van der Waals surface area (Å²) in [5.74, 6) is 0.168. The molecule has 0 aromatic heterocycles. The van der Waals surface area contributed by atoms with Crippen LogP contribution in [-0.2, 0) is 10.0 Å². The Bertz CT molecular complexity index is 624. The second kappa shape index (κ2) is 6.53. The molecule has 0 amide bonds. The van der Waals surface area contributed by atoms with Gasteiger partial charge in [-0.2, -0.15) is 4.31 Å². The fourth-order valence-corrected chi connectivity index (χ4v) is 4.10. The summed E-state index contributed by atoms with van der Waals surface area (Å²) in [7, 11) is -3.75. The van der Waals surface area contributed by atoms with Crippen LogP contribution >= 0.6 is 0 Å². The highest BCUT2D eigenvalue weighted by molar-refractivity contribution is 7.89. The molecule has 0 aliphatic heterocycles. The number of sulfonamides is 1. The predicted molar refractivity (Wildman–Crippen MR) is 81.7 cm³/mol. The number of nitro benzene ring substituents is 1. The Morgan fingerprint density at radius 3 is 2.24 bits per heavy atom. The zero-order valence-corrected chi connectivity index (χ0v) is 13.8. The van der Waals surface area contributed by atoms with Crippen LogP contribution in [0.5, 0.6) is 0 Å². The van der Waals surface area contributed by atoms with Gasteiger partial charge in [-0.05, 0) is 32.3 Å². The number of non-ortho nitro benzene ring substituents is 1. The number of nitro groups is 1. The van der Waals surface area contributed by atoms with Gasteiger partial charge < -0.3 is 0 Å². The molecular weight excluding hydrogens is 292 g/mol. The van der Waals surface area contributed by atoms with E-state index in [4.69, 9.17) is 0 Å². The van der Waals surface area contributed by atoms with Crippen LogP contribution in [0.1, 0.15) is 33.3 Å². The largest absolute Gasteiger partial charge is 0.270 e. The van der Waals surface area contributed by atoms with Crippen molar-refractivity contribution < 1.29 is 13.3 Å². The molecule has 1 aromatic carbocycles. The summed E-state index contributed by atoms with van der Waals surface area (Å²) in [6.07, 6.45) is 0. The molecule has 0 atom stereocenters. The molecule has 1 aromatic rings. The first-order valence-corrected chi connectivity index (χ1v) is 8.28. The summed E-state index contributed by atoms with van der Waals surface area (Å²) in [5, 5.41) is 10.9. The van der Waals surface area contributed by atoms with E-state index in [0.29, 0.717) is 12.1 Å². The third-order valence-corrected chi connectivity index (χ3v) is 5.27. The summed E-state index contributed by atoms with van der Waals surface area (Å²) in [6.45, 7) is 9.49. The van der Waals surface area contributed by atoms with E-state index < -0.39 is 14.9 Å². The first-order valence-electron chi connectivity index (χ1n) is 6.84. The van der Waals surface area contributed by atoms with E-state index in [1.54, 1.807) is 20.8 Å². The molecule has 0 saturated carbocycles. The number of nitrogens with zero attached hydrogens (tertiary/aromatic N) is 2. The minimum absolute atomic E-state index is 0.00560. The fourth-order valence-electron chi connectivity index (χ4n) is 2.05. The second-order valence-corrected chi connectivity index (χ2v) is 7.63. The third-order valence-electron chi connectivity index (χ3n) is 3.09. The number of benzene rings is 1. The minimum Gasteiger partial charge on any atom is -0.258 e. The molecule has 0 radical (unpaired) electrons. The third kappa shape index (κ3) is 4.01. The standard InChI is InChI=1S/C14H22N2O4S/c1-10(2)9-15(11(3)4)21(19,20)14-8-13(16(17)18)7-6-12(14)5/h6-8,10-11H,9H2,1-5H3. The highest BCUT2D eigenvalue weighted by Gasteiger charge is 2.30. The summed E-state index contributed by atoms with van der Waals surface area (Å²) in [5.41, 5.74) is 0.294. The van der Waals surface area contributed by atoms with Gasteiger partial charge in [-0.1, -0.05) is 19.9 Å². The van der Waals surface area contributed by atoms with Crippen molar-refractivity contribution in [1.82, 2.24) is 4.31 Å². The number of aryl methyl sites for hydroxylation is 1. The van der Waals surface area contributed by atoms with E-state index in [-0.39, 0.29) is 22.5 Å². The van der Waals surface area contributed by atoms with Crippen molar-refractivity contribution >= 4 is 15.7 Å².